The summed E-state index contributed by atoms with van der Waals surface area (Å²) in [6.07, 6.45) is 0.316. The van der Waals surface area contributed by atoms with Crippen LogP contribution in [0.5, 0.6) is 0 Å². The average molecular weight is 474 g/mol. The zero-order chi connectivity index (χ0) is 24.9. The molecule has 1 N–H and O–H groups in total. The van der Waals surface area contributed by atoms with Gasteiger partial charge >= 0.3 is 12.1 Å². The number of carbonyl (C=O) groups is 2. The Balaban J connectivity index is 1.64. The number of nitrogens with one attached hydrogen (secondary N) is 1. The molecular weight excluding hydrogens is 438 g/mol. The lowest BCUT2D eigenvalue weighted by Crippen LogP contribution is -2.50. The fourth-order valence-electron chi connectivity index (χ4n) is 3.77. The van der Waals surface area contributed by atoms with Crippen molar-refractivity contribution in [1.29, 1.82) is 0 Å². The first-order chi connectivity index (χ1) is 16.1. The Bertz CT molecular complexity index is 959. The molecule has 1 unspecified atom stereocenters. The summed E-state index contributed by atoms with van der Waals surface area (Å²) in [5, 5.41) is 11.1. The molecule has 10 heteroatoms. The predicted molar refractivity (Wildman–Crippen MR) is 129 cm³/mol. The molecule has 1 aromatic carbocycles. The van der Waals surface area contributed by atoms with Crippen LogP contribution in [0, 0.1) is 5.92 Å². The molecule has 186 valence electrons. The summed E-state index contributed by atoms with van der Waals surface area (Å²) >= 11 is 0. The van der Waals surface area contributed by atoms with Gasteiger partial charge in [-0.25, -0.2) is 14.2 Å². The van der Waals surface area contributed by atoms with Gasteiger partial charge in [0.25, 0.3) is 0 Å². The molecule has 1 aliphatic heterocycles. The van der Waals surface area contributed by atoms with Crippen molar-refractivity contribution in [2.24, 2.45) is 5.92 Å². The van der Waals surface area contributed by atoms with Crippen molar-refractivity contribution in [2.75, 3.05) is 43.5 Å². The highest BCUT2D eigenvalue weighted by Crippen LogP contribution is 2.28. The van der Waals surface area contributed by atoms with Crippen molar-refractivity contribution in [3.8, 4) is 11.3 Å². The predicted octanol–water partition coefficient (Wildman–Crippen LogP) is 3.79. The van der Waals surface area contributed by atoms with Crippen LogP contribution in [0.3, 0.4) is 0 Å². The van der Waals surface area contributed by atoms with Gasteiger partial charge in [0.15, 0.2) is 11.5 Å². The first-order valence-electron chi connectivity index (χ1n) is 11.6. The summed E-state index contributed by atoms with van der Waals surface area (Å²) in [6.45, 7) is 12.3. The molecule has 0 saturated carbocycles. The number of esters is 1. The smallest absolute Gasteiger partial charge is 0.410 e. The van der Waals surface area contributed by atoms with Crippen LogP contribution in [0.2, 0.25) is 0 Å². The number of hydrogen-bond donors (Lipinski definition) is 1. The first kappa shape index (κ1) is 25.3. The molecule has 0 radical (unpaired) electrons. The highest BCUT2D eigenvalue weighted by molar-refractivity contribution is 5.81. The van der Waals surface area contributed by atoms with E-state index in [1.807, 2.05) is 58.9 Å². The number of rotatable bonds is 7. The van der Waals surface area contributed by atoms with Gasteiger partial charge in [0, 0.05) is 37.4 Å². The lowest BCUT2D eigenvalue weighted by molar-refractivity contribution is -0.141. The molecular formula is C24H35N5O5. The molecule has 34 heavy (non-hydrogen) atoms. The van der Waals surface area contributed by atoms with Crippen molar-refractivity contribution in [3.63, 3.8) is 0 Å². The maximum Gasteiger partial charge on any atom is 0.410 e. The van der Waals surface area contributed by atoms with Crippen molar-refractivity contribution >= 4 is 23.6 Å². The quantitative estimate of drug-likeness (QED) is 0.600. The van der Waals surface area contributed by atoms with E-state index in [-0.39, 0.29) is 18.0 Å². The number of anilines is 2. The molecule has 1 aromatic heterocycles. The first-order valence-corrected chi connectivity index (χ1v) is 11.6. The molecule has 0 bridgehead atoms. The number of hydrogen-bond acceptors (Lipinski definition) is 9. The second-order valence-electron chi connectivity index (χ2n) is 9.81. The Hall–Kier alpha value is -3.30. The Morgan fingerprint density at radius 2 is 1.74 bits per heavy atom. The van der Waals surface area contributed by atoms with Gasteiger partial charge in [-0.3, -0.25) is 0 Å². The fourth-order valence-corrected chi connectivity index (χ4v) is 3.77. The Morgan fingerprint density at radius 3 is 2.29 bits per heavy atom. The zero-order valence-corrected chi connectivity index (χ0v) is 20.8. The average Bonchev–Trinajstić information content (AvgIpc) is 3.25. The number of carbonyl (C=O) groups excluding carboxylic acids is 2. The molecule has 1 amide bonds. The molecule has 1 fully saturated rings. The largest absolute Gasteiger partial charge is 0.467 e. The number of aromatic nitrogens is 2. The van der Waals surface area contributed by atoms with Crippen molar-refractivity contribution in [3.05, 3.63) is 24.3 Å². The third-order valence-electron chi connectivity index (χ3n) is 5.43. The normalized spacial score (nSPS) is 15.3. The fraction of sp³-hybridized carbons (Fsp3) is 0.583. The Labute approximate surface area is 200 Å². The van der Waals surface area contributed by atoms with Gasteiger partial charge in [-0.15, -0.1) is 0 Å². The highest BCUT2D eigenvalue weighted by Gasteiger charge is 2.27. The van der Waals surface area contributed by atoms with Gasteiger partial charge in [-0.1, -0.05) is 26.0 Å². The monoisotopic (exact) mass is 473 g/mol. The minimum Gasteiger partial charge on any atom is -0.467 e. The maximum absolute atomic E-state index is 12.3. The Kier molecular flexibility index (Phi) is 8.01. The van der Waals surface area contributed by atoms with Crippen molar-refractivity contribution < 1.29 is 23.7 Å². The van der Waals surface area contributed by atoms with E-state index < -0.39 is 11.6 Å². The Morgan fingerprint density at radius 1 is 1.09 bits per heavy atom. The van der Waals surface area contributed by atoms with Gasteiger partial charge in [0.05, 0.1) is 7.11 Å². The number of methoxy groups -OCH3 is 1. The summed E-state index contributed by atoms with van der Waals surface area (Å²) in [5.41, 5.74) is 1.89. The second kappa shape index (κ2) is 10.8. The zero-order valence-electron chi connectivity index (χ0n) is 20.8. The summed E-state index contributed by atoms with van der Waals surface area (Å²) in [5.74, 6) is 0.327. The van der Waals surface area contributed by atoms with E-state index in [2.05, 4.69) is 20.5 Å². The van der Waals surface area contributed by atoms with Crippen LogP contribution < -0.4 is 10.2 Å². The SMILES string of the molecule is COC(=O)C(CC(C)C)Nc1nonc1-c1ccc(N2CCN(C(=O)OC(C)(C)C)CC2)cc1. The van der Waals surface area contributed by atoms with Crippen LogP contribution in [0.15, 0.2) is 28.9 Å². The van der Waals surface area contributed by atoms with Gasteiger partial charge < -0.3 is 24.6 Å². The molecule has 2 aromatic rings. The van der Waals surface area contributed by atoms with E-state index in [1.54, 1.807) is 4.90 Å². The summed E-state index contributed by atoms with van der Waals surface area (Å²) < 4.78 is 15.3. The van der Waals surface area contributed by atoms with E-state index in [4.69, 9.17) is 14.1 Å². The molecule has 3 rings (SSSR count). The third-order valence-corrected chi connectivity index (χ3v) is 5.43. The number of piperazine rings is 1. The number of benzene rings is 1. The summed E-state index contributed by atoms with van der Waals surface area (Å²) in [6, 6.07) is 7.34. The van der Waals surface area contributed by atoms with E-state index in [0.29, 0.717) is 44.1 Å². The third kappa shape index (κ3) is 6.61. The van der Waals surface area contributed by atoms with Gasteiger partial charge in [-0.2, -0.15) is 0 Å². The van der Waals surface area contributed by atoms with Crippen LogP contribution >= 0.6 is 0 Å². The van der Waals surface area contributed by atoms with Crippen LogP contribution in [0.25, 0.3) is 11.3 Å². The van der Waals surface area contributed by atoms with E-state index in [9.17, 15) is 9.59 Å². The lowest BCUT2D eigenvalue weighted by atomic mass is 10.0. The van der Waals surface area contributed by atoms with Crippen LogP contribution in [-0.2, 0) is 14.3 Å². The van der Waals surface area contributed by atoms with E-state index in [1.165, 1.54) is 7.11 Å². The van der Waals surface area contributed by atoms with Gasteiger partial charge in [0.1, 0.15) is 11.6 Å². The molecule has 1 aliphatic rings. The minimum atomic E-state index is -0.545. The van der Waals surface area contributed by atoms with Crippen LogP contribution in [0.1, 0.15) is 41.0 Å². The molecule has 1 atom stereocenters. The van der Waals surface area contributed by atoms with Gasteiger partial charge in [0.2, 0.25) is 0 Å². The maximum atomic E-state index is 12.3. The minimum absolute atomic E-state index is 0.274. The molecule has 2 heterocycles. The summed E-state index contributed by atoms with van der Waals surface area (Å²) in [7, 11) is 1.37. The number of ether oxygens (including phenoxy) is 2. The van der Waals surface area contributed by atoms with Crippen LogP contribution in [-0.4, -0.2) is 72.2 Å². The van der Waals surface area contributed by atoms with E-state index >= 15 is 0 Å². The number of nitrogens with zero attached hydrogens (tertiary/aromatic N) is 4. The van der Waals surface area contributed by atoms with Crippen molar-refractivity contribution in [1.82, 2.24) is 15.2 Å². The highest BCUT2D eigenvalue weighted by atomic mass is 16.6. The lowest BCUT2D eigenvalue weighted by Gasteiger charge is -2.36. The summed E-state index contributed by atoms with van der Waals surface area (Å²) in [4.78, 5) is 28.4. The number of amides is 1. The molecule has 0 spiro atoms. The molecule has 10 nitrogen and oxygen atoms in total. The van der Waals surface area contributed by atoms with E-state index in [0.717, 1.165) is 11.3 Å². The van der Waals surface area contributed by atoms with Gasteiger partial charge in [-0.05, 0) is 55.6 Å². The second-order valence-corrected chi connectivity index (χ2v) is 9.81. The standard InChI is InChI=1S/C24H35N5O5/c1-16(2)15-19(22(30)32-6)25-21-20(26-34-27-21)17-7-9-18(10-8-17)28-11-13-29(14-12-28)23(31)33-24(3,4)5/h7-10,16,19H,11-15H2,1-6H3,(H,25,27). The van der Waals surface area contributed by atoms with Crippen molar-refractivity contribution in [2.45, 2.75) is 52.7 Å². The van der Waals surface area contributed by atoms with Crippen LogP contribution in [0.4, 0.5) is 16.3 Å². The molecule has 1 saturated heterocycles. The molecule has 0 aliphatic carbocycles. The topological polar surface area (TPSA) is 110 Å².